The minimum atomic E-state index is -0.633. The van der Waals surface area contributed by atoms with Crippen LogP contribution in [0, 0.1) is 0 Å². The first-order valence-electron chi connectivity index (χ1n) is 5.39. The van der Waals surface area contributed by atoms with Crippen LogP contribution in [-0.2, 0) is 9.59 Å². The number of aromatic nitrogens is 3. The number of pyridine rings is 1. The summed E-state index contributed by atoms with van der Waals surface area (Å²) in [6.07, 6.45) is 7.44. The quantitative estimate of drug-likeness (QED) is 0.499. The lowest BCUT2D eigenvalue weighted by molar-refractivity contribution is -0.112. The van der Waals surface area contributed by atoms with Gasteiger partial charge in [0.05, 0.1) is 11.3 Å². The van der Waals surface area contributed by atoms with Gasteiger partial charge < -0.3 is 0 Å². The molecule has 93 valence electrons. The Morgan fingerprint density at radius 3 is 2.47 bits per heavy atom. The SMILES string of the molecule is O=[C]/C(=C\c1ccccn1)C(=O)Nc1ncccn1. The van der Waals surface area contributed by atoms with Crippen molar-refractivity contribution in [1.82, 2.24) is 15.0 Å². The Bertz CT molecular complexity index is 597. The van der Waals surface area contributed by atoms with Gasteiger partial charge in [-0.25, -0.2) is 9.97 Å². The highest BCUT2D eigenvalue weighted by molar-refractivity contribution is 6.19. The standard InChI is InChI=1S/C13H9N4O2/c18-9-10(8-11-4-1-2-5-14-11)12(19)17-13-15-6-3-7-16-13/h1-8H,(H,15,16,17,19)/b10-8+. The zero-order chi connectivity index (χ0) is 13.5. The van der Waals surface area contributed by atoms with Gasteiger partial charge in [0.2, 0.25) is 12.2 Å². The molecule has 0 aliphatic rings. The minimum absolute atomic E-state index is 0.120. The first-order chi connectivity index (χ1) is 9.29. The summed E-state index contributed by atoms with van der Waals surface area (Å²) in [5, 5.41) is 2.39. The second-order valence-corrected chi connectivity index (χ2v) is 3.44. The Hall–Kier alpha value is -2.89. The van der Waals surface area contributed by atoms with E-state index in [1.165, 1.54) is 18.5 Å². The summed E-state index contributed by atoms with van der Waals surface area (Å²) < 4.78 is 0. The number of anilines is 1. The van der Waals surface area contributed by atoms with E-state index in [1.54, 1.807) is 36.7 Å². The van der Waals surface area contributed by atoms with Crippen LogP contribution in [0.4, 0.5) is 5.95 Å². The number of hydrogen-bond acceptors (Lipinski definition) is 5. The fraction of sp³-hybridized carbons (Fsp3) is 0. The van der Waals surface area contributed by atoms with Crippen molar-refractivity contribution in [3.8, 4) is 0 Å². The number of nitrogens with one attached hydrogen (secondary N) is 1. The molecule has 0 aliphatic heterocycles. The summed E-state index contributed by atoms with van der Waals surface area (Å²) in [7, 11) is 0. The number of amides is 1. The van der Waals surface area contributed by atoms with Crippen LogP contribution in [0.5, 0.6) is 0 Å². The number of hydrogen-bond donors (Lipinski definition) is 1. The van der Waals surface area contributed by atoms with Crippen LogP contribution in [0.15, 0.2) is 48.4 Å². The molecule has 0 bridgehead atoms. The predicted molar refractivity (Wildman–Crippen MR) is 68.6 cm³/mol. The highest BCUT2D eigenvalue weighted by atomic mass is 16.2. The summed E-state index contributed by atoms with van der Waals surface area (Å²) in [5.41, 5.74) is 0.316. The Balaban J connectivity index is 2.16. The van der Waals surface area contributed by atoms with Crippen molar-refractivity contribution < 1.29 is 9.59 Å². The molecule has 6 heteroatoms. The van der Waals surface area contributed by atoms with E-state index >= 15 is 0 Å². The maximum Gasteiger partial charge on any atom is 0.262 e. The van der Waals surface area contributed by atoms with E-state index in [0.717, 1.165) is 0 Å². The highest BCUT2D eigenvalue weighted by Gasteiger charge is 2.11. The topological polar surface area (TPSA) is 84.8 Å². The molecule has 0 unspecified atom stereocenters. The molecule has 19 heavy (non-hydrogen) atoms. The lowest BCUT2D eigenvalue weighted by atomic mass is 10.2. The third kappa shape index (κ3) is 3.53. The molecular weight excluding hydrogens is 244 g/mol. The normalized spacial score (nSPS) is 10.8. The van der Waals surface area contributed by atoms with Crippen LogP contribution in [0.2, 0.25) is 0 Å². The van der Waals surface area contributed by atoms with Crippen molar-refractivity contribution >= 4 is 24.2 Å². The van der Waals surface area contributed by atoms with Crippen molar-refractivity contribution in [1.29, 1.82) is 0 Å². The molecule has 0 spiro atoms. The fourth-order valence-corrected chi connectivity index (χ4v) is 1.28. The number of rotatable bonds is 4. The Labute approximate surface area is 109 Å². The fourth-order valence-electron chi connectivity index (χ4n) is 1.28. The number of carbonyl (C=O) groups excluding carboxylic acids is 2. The minimum Gasteiger partial charge on any atom is -0.290 e. The number of carbonyl (C=O) groups is 1. The van der Waals surface area contributed by atoms with Crippen LogP contribution >= 0.6 is 0 Å². The van der Waals surface area contributed by atoms with E-state index < -0.39 is 5.91 Å². The van der Waals surface area contributed by atoms with Crippen LogP contribution in [0.1, 0.15) is 5.69 Å². The molecule has 0 saturated heterocycles. The van der Waals surface area contributed by atoms with Crippen molar-refractivity contribution in [2.45, 2.75) is 0 Å². The first kappa shape index (κ1) is 12.6. The third-order valence-corrected chi connectivity index (χ3v) is 2.13. The van der Waals surface area contributed by atoms with Gasteiger partial charge in [-0.05, 0) is 24.3 Å². The van der Waals surface area contributed by atoms with Crippen molar-refractivity contribution in [2.75, 3.05) is 5.32 Å². The van der Waals surface area contributed by atoms with E-state index in [1.807, 2.05) is 0 Å². The van der Waals surface area contributed by atoms with Gasteiger partial charge in [-0.3, -0.25) is 19.9 Å². The van der Waals surface area contributed by atoms with E-state index in [2.05, 4.69) is 20.3 Å². The zero-order valence-corrected chi connectivity index (χ0v) is 9.78. The van der Waals surface area contributed by atoms with Gasteiger partial charge in [0.25, 0.3) is 5.91 Å². The summed E-state index contributed by atoms with van der Waals surface area (Å²) in [6.45, 7) is 0. The molecule has 2 aromatic rings. The maximum absolute atomic E-state index is 11.8. The molecule has 1 amide bonds. The lowest BCUT2D eigenvalue weighted by Crippen LogP contribution is -2.16. The molecule has 0 atom stereocenters. The van der Waals surface area contributed by atoms with Gasteiger partial charge in [-0.1, -0.05) is 6.07 Å². The lowest BCUT2D eigenvalue weighted by Gasteiger charge is -2.01. The average Bonchev–Trinajstić information content (AvgIpc) is 2.47. The van der Waals surface area contributed by atoms with E-state index in [4.69, 9.17) is 0 Å². The highest BCUT2D eigenvalue weighted by Crippen LogP contribution is 2.04. The monoisotopic (exact) mass is 253 g/mol. The van der Waals surface area contributed by atoms with Gasteiger partial charge in [0.15, 0.2) is 0 Å². The molecule has 0 saturated carbocycles. The molecule has 0 fully saturated rings. The molecule has 2 rings (SSSR count). The molecule has 6 nitrogen and oxygen atoms in total. The molecule has 1 radical (unpaired) electrons. The summed E-state index contributed by atoms with van der Waals surface area (Å²) in [5.74, 6) is -0.512. The maximum atomic E-state index is 11.8. The number of nitrogens with zero attached hydrogens (tertiary/aromatic N) is 3. The molecule has 0 aromatic carbocycles. The van der Waals surface area contributed by atoms with Crippen molar-refractivity contribution in [3.63, 3.8) is 0 Å². The Morgan fingerprint density at radius 1 is 1.11 bits per heavy atom. The van der Waals surface area contributed by atoms with Gasteiger partial charge in [-0.2, -0.15) is 0 Å². The summed E-state index contributed by atoms with van der Waals surface area (Å²) >= 11 is 0. The van der Waals surface area contributed by atoms with Crippen LogP contribution in [0.25, 0.3) is 6.08 Å². The largest absolute Gasteiger partial charge is 0.290 e. The first-order valence-corrected chi connectivity index (χ1v) is 5.39. The Kier molecular flexibility index (Phi) is 4.07. The van der Waals surface area contributed by atoms with Crippen LogP contribution in [0.3, 0.4) is 0 Å². The van der Waals surface area contributed by atoms with Crippen LogP contribution < -0.4 is 5.32 Å². The zero-order valence-electron chi connectivity index (χ0n) is 9.78. The second kappa shape index (κ2) is 6.15. The van der Waals surface area contributed by atoms with E-state index in [0.29, 0.717) is 5.69 Å². The van der Waals surface area contributed by atoms with Gasteiger partial charge >= 0.3 is 0 Å². The average molecular weight is 253 g/mol. The summed E-state index contributed by atoms with van der Waals surface area (Å²) in [6, 6.07) is 6.77. The van der Waals surface area contributed by atoms with Crippen molar-refractivity contribution in [2.24, 2.45) is 0 Å². The Morgan fingerprint density at radius 2 is 1.84 bits per heavy atom. The molecule has 1 N–H and O–H groups in total. The molecule has 2 heterocycles. The summed E-state index contributed by atoms with van der Waals surface area (Å²) in [4.78, 5) is 34.3. The predicted octanol–water partition coefficient (Wildman–Crippen LogP) is 1.00. The van der Waals surface area contributed by atoms with E-state index in [-0.39, 0.29) is 11.5 Å². The van der Waals surface area contributed by atoms with Gasteiger partial charge in [0, 0.05) is 18.6 Å². The van der Waals surface area contributed by atoms with Gasteiger partial charge in [-0.15, -0.1) is 0 Å². The third-order valence-electron chi connectivity index (χ3n) is 2.13. The van der Waals surface area contributed by atoms with Crippen LogP contribution in [-0.4, -0.2) is 27.1 Å². The van der Waals surface area contributed by atoms with E-state index in [9.17, 15) is 9.59 Å². The smallest absolute Gasteiger partial charge is 0.262 e. The molecule has 2 aromatic heterocycles. The van der Waals surface area contributed by atoms with Crippen molar-refractivity contribution in [3.05, 3.63) is 54.1 Å². The molecular formula is C13H9N4O2. The van der Waals surface area contributed by atoms with Gasteiger partial charge in [0.1, 0.15) is 0 Å². The molecule has 0 aliphatic carbocycles. The second-order valence-electron chi connectivity index (χ2n) is 3.44.